The number of carbonyl (C=O) groups is 1. The molecule has 22 heavy (non-hydrogen) atoms. The van der Waals surface area contributed by atoms with Crippen LogP contribution in [0.4, 0.5) is 0 Å². The SMILES string of the molecule is CN(CCC1CCCCO1)C(=O)COc1cc(Cl)ccc1Cl. The molecule has 0 saturated carbocycles. The van der Waals surface area contributed by atoms with E-state index in [1.54, 1.807) is 30.1 Å². The van der Waals surface area contributed by atoms with Crippen molar-refractivity contribution < 1.29 is 14.3 Å². The van der Waals surface area contributed by atoms with E-state index >= 15 is 0 Å². The van der Waals surface area contributed by atoms with Gasteiger partial charge in [0.2, 0.25) is 0 Å². The molecule has 1 amide bonds. The zero-order chi connectivity index (χ0) is 15.9. The van der Waals surface area contributed by atoms with E-state index < -0.39 is 0 Å². The lowest BCUT2D eigenvalue weighted by atomic mass is 10.1. The Morgan fingerprint density at radius 2 is 2.23 bits per heavy atom. The third-order valence-electron chi connectivity index (χ3n) is 3.73. The summed E-state index contributed by atoms with van der Waals surface area (Å²) >= 11 is 11.9. The summed E-state index contributed by atoms with van der Waals surface area (Å²) in [6.07, 6.45) is 4.56. The number of benzene rings is 1. The van der Waals surface area contributed by atoms with E-state index in [0.29, 0.717) is 22.3 Å². The molecule has 1 aliphatic heterocycles. The van der Waals surface area contributed by atoms with Gasteiger partial charge >= 0.3 is 0 Å². The van der Waals surface area contributed by atoms with Crippen molar-refractivity contribution in [2.45, 2.75) is 31.8 Å². The van der Waals surface area contributed by atoms with Gasteiger partial charge in [0.05, 0.1) is 11.1 Å². The zero-order valence-electron chi connectivity index (χ0n) is 12.7. The number of carbonyl (C=O) groups excluding carboxylic acids is 1. The van der Waals surface area contributed by atoms with Crippen molar-refractivity contribution >= 4 is 29.1 Å². The van der Waals surface area contributed by atoms with Crippen molar-refractivity contribution in [1.82, 2.24) is 4.90 Å². The molecule has 4 nitrogen and oxygen atoms in total. The first-order valence-electron chi connectivity index (χ1n) is 7.49. The average molecular weight is 346 g/mol. The van der Waals surface area contributed by atoms with Crippen molar-refractivity contribution in [1.29, 1.82) is 0 Å². The Morgan fingerprint density at radius 1 is 1.41 bits per heavy atom. The molecule has 0 bridgehead atoms. The molecule has 0 aliphatic carbocycles. The van der Waals surface area contributed by atoms with Crippen LogP contribution in [0.25, 0.3) is 0 Å². The van der Waals surface area contributed by atoms with Crippen LogP contribution in [0.15, 0.2) is 18.2 Å². The Balaban J connectivity index is 1.74. The minimum Gasteiger partial charge on any atom is -0.482 e. The molecule has 6 heteroatoms. The first-order valence-corrected chi connectivity index (χ1v) is 8.25. The normalized spacial score (nSPS) is 18.0. The predicted molar refractivity (Wildman–Crippen MR) is 87.8 cm³/mol. The smallest absolute Gasteiger partial charge is 0.260 e. The first kappa shape index (κ1) is 17.4. The molecule has 0 N–H and O–H groups in total. The van der Waals surface area contributed by atoms with E-state index in [0.717, 1.165) is 25.9 Å². The highest BCUT2D eigenvalue weighted by atomic mass is 35.5. The summed E-state index contributed by atoms with van der Waals surface area (Å²) in [5.41, 5.74) is 0. The molecule has 1 atom stereocenters. The number of likely N-dealkylation sites (N-methyl/N-ethyl adjacent to an activating group) is 1. The van der Waals surface area contributed by atoms with Crippen LogP contribution in [0.3, 0.4) is 0 Å². The molecule has 1 aromatic carbocycles. The summed E-state index contributed by atoms with van der Waals surface area (Å²) in [6.45, 7) is 1.44. The molecule has 1 heterocycles. The summed E-state index contributed by atoms with van der Waals surface area (Å²) in [4.78, 5) is 13.7. The lowest BCUT2D eigenvalue weighted by Crippen LogP contribution is -2.34. The third kappa shape index (κ3) is 5.34. The van der Waals surface area contributed by atoms with E-state index in [4.69, 9.17) is 32.7 Å². The van der Waals surface area contributed by atoms with Gasteiger partial charge in [0.15, 0.2) is 6.61 Å². The van der Waals surface area contributed by atoms with Gasteiger partial charge in [0.1, 0.15) is 5.75 Å². The van der Waals surface area contributed by atoms with Crippen LogP contribution < -0.4 is 4.74 Å². The summed E-state index contributed by atoms with van der Waals surface area (Å²) in [5, 5.41) is 0.963. The van der Waals surface area contributed by atoms with Crippen LogP contribution in [0, 0.1) is 0 Å². The maximum atomic E-state index is 12.1. The molecule has 0 radical (unpaired) electrons. The van der Waals surface area contributed by atoms with E-state index in [-0.39, 0.29) is 18.6 Å². The molecule has 122 valence electrons. The van der Waals surface area contributed by atoms with Crippen LogP contribution in [0.5, 0.6) is 5.75 Å². The number of hydrogen-bond donors (Lipinski definition) is 0. The highest BCUT2D eigenvalue weighted by molar-refractivity contribution is 6.34. The monoisotopic (exact) mass is 345 g/mol. The quantitative estimate of drug-likeness (QED) is 0.787. The second kappa shape index (κ2) is 8.61. The fourth-order valence-corrected chi connectivity index (χ4v) is 2.67. The van der Waals surface area contributed by atoms with Crippen molar-refractivity contribution in [3.8, 4) is 5.75 Å². The summed E-state index contributed by atoms with van der Waals surface area (Å²) in [7, 11) is 1.77. The Labute approximate surface area is 141 Å². The molecule has 1 saturated heterocycles. The number of ether oxygens (including phenoxy) is 2. The molecule has 1 aliphatic rings. The third-order valence-corrected chi connectivity index (χ3v) is 4.28. The number of nitrogens with zero attached hydrogens (tertiary/aromatic N) is 1. The predicted octanol–water partition coefficient (Wildman–Crippen LogP) is 3.79. The summed E-state index contributed by atoms with van der Waals surface area (Å²) in [6, 6.07) is 4.93. The fraction of sp³-hybridized carbons (Fsp3) is 0.562. The van der Waals surface area contributed by atoms with Gasteiger partial charge in [-0.3, -0.25) is 4.79 Å². The molecule has 1 fully saturated rings. The highest BCUT2D eigenvalue weighted by Gasteiger charge is 2.17. The number of hydrogen-bond acceptors (Lipinski definition) is 3. The first-order chi connectivity index (χ1) is 10.6. The lowest BCUT2D eigenvalue weighted by Gasteiger charge is -2.25. The van der Waals surface area contributed by atoms with Gasteiger partial charge < -0.3 is 14.4 Å². The largest absolute Gasteiger partial charge is 0.482 e. The lowest BCUT2D eigenvalue weighted by molar-refractivity contribution is -0.132. The van der Waals surface area contributed by atoms with Crippen LogP contribution in [0.2, 0.25) is 10.0 Å². The second-order valence-electron chi connectivity index (χ2n) is 5.46. The maximum Gasteiger partial charge on any atom is 0.260 e. The molecular weight excluding hydrogens is 325 g/mol. The zero-order valence-corrected chi connectivity index (χ0v) is 14.2. The number of amides is 1. The van der Waals surface area contributed by atoms with E-state index in [9.17, 15) is 4.79 Å². The molecule has 2 rings (SSSR count). The van der Waals surface area contributed by atoms with Gasteiger partial charge in [0.25, 0.3) is 5.91 Å². The second-order valence-corrected chi connectivity index (χ2v) is 6.30. The molecule has 0 aromatic heterocycles. The standard InChI is InChI=1S/C16H21Cl2NO3/c1-19(8-7-13-4-2-3-9-21-13)16(20)11-22-15-10-12(17)5-6-14(15)18/h5-6,10,13H,2-4,7-9,11H2,1H3. The fourth-order valence-electron chi connectivity index (χ4n) is 2.33. The van der Waals surface area contributed by atoms with Crippen LogP contribution >= 0.6 is 23.2 Å². The molecule has 1 unspecified atom stereocenters. The van der Waals surface area contributed by atoms with Crippen molar-refractivity contribution in [3.05, 3.63) is 28.2 Å². The van der Waals surface area contributed by atoms with Gasteiger partial charge in [-0.25, -0.2) is 0 Å². The van der Waals surface area contributed by atoms with Crippen molar-refractivity contribution in [3.63, 3.8) is 0 Å². The van der Waals surface area contributed by atoms with Gasteiger partial charge in [0, 0.05) is 31.3 Å². The van der Waals surface area contributed by atoms with Crippen LogP contribution in [-0.2, 0) is 9.53 Å². The number of halogens is 2. The van der Waals surface area contributed by atoms with Gasteiger partial charge in [-0.2, -0.15) is 0 Å². The molecule has 0 spiro atoms. The van der Waals surface area contributed by atoms with E-state index in [1.165, 1.54) is 6.42 Å². The molecule has 1 aromatic rings. The topological polar surface area (TPSA) is 38.8 Å². The van der Waals surface area contributed by atoms with Crippen LogP contribution in [-0.4, -0.2) is 43.7 Å². The van der Waals surface area contributed by atoms with Crippen molar-refractivity contribution in [2.24, 2.45) is 0 Å². The number of rotatable bonds is 6. The van der Waals surface area contributed by atoms with Gasteiger partial charge in [-0.15, -0.1) is 0 Å². The van der Waals surface area contributed by atoms with Crippen molar-refractivity contribution in [2.75, 3.05) is 26.8 Å². The Kier molecular flexibility index (Phi) is 6.80. The summed E-state index contributed by atoms with van der Waals surface area (Å²) in [5.74, 6) is 0.332. The van der Waals surface area contributed by atoms with Crippen LogP contribution in [0.1, 0.15) is 25.7 Å². The summed E-state index contributed by atoms with van der Waals surface area (Å²) < 4.78 is 11.1. The van der Waals surface area contributed by atoms with Gasteiger partial charge in [-0.1, -0.05) is 23.2 Å². The Hall–Kier alpha value is -0.970. The highest BCUT2D eigenvalue weighted by Crippen LogP contribution is 2.27. The van der Waals surface area contributed by atoms with Gasteiger partial charge in [-0.05, 0) is 37.8 Å². The van der Waals surface area contributed by atoms with E-state index in [1.807, 2.05) is 0 Å². The Bertz CT molecular complexity index is 504. The maximum absolute atomic E-state index is 12.1. The minimum atomic E-state index is -0.0909. The minimum absolute atomic E-state index is 0.0535. The van der Waals surface area contributed by atoms with E-state index in [2.05, 4.69) is 0 Å². The average Bonchev–Trinajstić information content (AvgIpc) is 2.54. The molecular formula is C16H21Cl2NO3. The Morgan fingerprint density at radius 3 is 2.95 bits per heavy atom.